The lowest BCUT2D eigenvalue weighted by Gasteiger charge is -2.15. The van der Waals surface area contributed by atoms with Crippen molar-refractivity contribution in [2.24, 2.45) is 0 Å². The molecule has 0 aliphatic rings. The van der Waals surface area contributed by atoms with Crippen molar-refractivity contribution in [2.75, 3.05) is 7.05 Å². The summed E-state index contributed by atoms with van der Waals surface area (Å²) in [5, 5.41) is 3.29. The zero-order valence-corrected chi connectivity index (χ0v) is 10.4. The largest absolute Gasteiger partial charge is 0.313 e. The molecule has 1 atom stereocenters. The van der Waals surface area contributed by atoms with E-state index in [1.165, 1.54) is 11.1 Å². The van der Waals surface area contributed by atoms with Gasteiger partial charge in [-0.25, -0.2) is 0 Å². The average Bonchev–Trinajstić information content (AvgIpc) is 2.40. The van der Waals surface area contributed by atoms with Gasteiger partial charge >= 0.3 is 0 Å². The minimum Gasteiger partial charge on any atom is -0.313 e. The molecule has 1 unspecified atom stereocenters. The van der Waals surface area contributed by atoms with Gasteiger partial charge in [-0.1, -0.05) is 30.3 Å². The molecule has 2 rings (SSSR count). The fourth-order valence-electron chi connectivity index (χ4n) is 1.97. The van der Waals surface area contributed by atoms with Crippen LogP contribution in [0.1, 0.15) is 29.8 Å². The maximum absolute atomic E-state index is 4.38. The first-order valence-corrected chi connectivity index (χ1v) is 5.96. The van der Waals surface area contributed by atoms with Crippen molar-refractivity contribution < 1.29 is 0 Å². The van der Waals surface area contributed by atoms with Gasteiger partial charge < -0.3 is 5.32 Å². The van der Waals surface area contributed by atoms with Gasteiger partial charge in [0, 0.05) is 24.4 Å². The molecule has 1 heterocycles. The summed E-state index contributed by atoms with van der Waals surface area (Å²) in [6.45, 7) is 2.18. The monoisotopic (exact) mass is 226 g/mol. The predicted octanol–water partition coefficient (Wildman–Crippen LogP) is 2.95. The van der Waals surface area contributed by atoms with Crippen LogP contribution in [0, 0.1) is 0 Å². The van der Waals surface area contributed by atoms with Gasteiger partial charge in [0.15, 0.2) is 0 Å². The van der Waals surface area contributed by atoms with E-state index in [2.05, 4.69) is 47.6 Å². The lowest BCUT2D eigenvalue weighted by Crippen LogP contribution is -2.14. The van der Waals surface area contributed by atoms with Crippen molar-refractivity contribution in [1.29, 1.82) is 0 Å². The molecular formula is C15H18N2. The number of rotatable bonds is 4. The number of benzene rings is 1. The molecule has 17 heavy (non-hydrogen) atoms. The van der Waals surface area contributed by atoms with Crippen LogP contribution in [-0.4, -0.2) is 12.0 Å². The molecule has 2 aromatic rings. The smallest absolute Gasteiger partial charge is 0.0447 e. The third-order valence-corrected chi connectivity index (χ3v) is 3.05. The zero-order valence-electron chi connectivity index (χ0n) is 10.4. The van der Waals surface area contributed by atoms with E-state index < -0.39 is 0 Å². The highest BCUT2D eigenvalue weighted by Crippen LogP contribution is 2.19. The molecule has 88 valence electrons. The van der Waals surface area contributed by atoms with Gasteiger partial charge in [-0.05, 0) is 37.2 Å². The Balaban J connectivity index is 2.27. The minimum absolute atomic E-state index is 0.370. The summed E-state index contributed by atoms with van der Waals surface area (Å²) in [5.41, 5.74) is 3.80. The summed E-state index contributed by atoms with van der Waals surface area (Å²) >= 11 is 0. The standard InChI is InChI=1S/C15H18N2/c1-12(16-2)15-9-4-3-7-13(15)11-14-8-5-6-10-17-14/h3-10,12,16H,11H2,1-2H3. The van der Waals surface area contributed by atoms with Crippen molar-refractivity contribution >= 4 is 0 Å². The van der Waals surface area contributed by atoms with Crippen LogP contribution < -0.4 is 5.32 Å². The molecule has 1 N–H and O–H groups in total. The van der Waals surface area contributed by atoms with E-state index in [0.717, 1.165) is 12.1 Å². The molecule has 1 aromatic heterocycles. The van der Waals surface area contributed by atoms with Gasteiger partial charge in [0.25, 0.3) is 0 Å². The summed E-state index contributed by atoms with van der Waals surface area (Å²) in [4.78, 5) is 4.38. The molecule has 0 amide bonds. The van der Waals surface area contributed by atoms with E-state index >= 15 is 0 Å². The Kier molecular flexibility index (Phi) is 3.89. The van der Waals surface area contributed by atoms with E-state index in [9.17, 15) is 0 Å². The number of nitrogens with one attached hydrogen (secondary N) is 1. The van der Waals surface area contributed by atoms with Crippen molar-refractivity contribution in [1.82, 2.24) is 10.3 Å². The molecule has 1 aromatic carbocycles. The average molecular weight is 226 g/mol. The van der Waals surface area contributed by atoms with Crippen molar-refractivity contribution in [3.63, 3.8) is 0 Å². The second-order valence-electron chi connectivity index (χ2n) is 4.21. The van der Waals surface area contributed by atoms with Gasteiger partial charge in [-0.15, -0.1) is 0 Å². The molecule has 0 saturated carbocycles. The topological polar surface area (TPSA) is 24.9 Å². The molecule has 0 bridgehead atoms. The van der Waals surface area contributed by atoms with Crippen LogP contribution in [-0.2, 0) is 6.42 Å². The quantitative estimate of drug-likeness (QED) is 0.867. The Morgan fingerprint density at radius 1 is 1.12 bits per heavy atom. The molecular weight excluding hydrogens is 208 g/mol. The van der Waals surface area contributed by atoms with Crippen molar-refractivity contribution in [3.05, 3.63) is 65.5 Å². The van der Waals surface area contributed by atoms with Gasteiger partial charge in [-0.2, -0.15) is 0 Å². The molecule has 0 saturated heterocycles. The molecule has 0 spiro atoms. The third-order valence-electron chi connectivity index (χ3n) is 3.05. The highest BCUT2D eigenvalue weighted by molar-refractivity contribution is 5.32. The maximum Gasteiger partial charge on any atom is 0.0447 e. The van der Waals surface area contributed by atoms with E-state index in [4.69, 9.17) is 0 Å². The fourth-order valence-corrected chi connectivity index (χ4v) is 1.97. The van der Waals surface area contributed by atoms with Crippen molar-refractivity contribution in [3.8, 4) is 0 Å². The maximum atomic E-state index is 4.38. The summed E-state index contributed by atoms with van der Waals surface area (Å²) in [6.07, 6.45) is 2.74. The van der Waals surface area contributed by atoms with Gasteiger partial charge in [0.1, 0.15) is 0 Å². The van der Waals surface area contributed by atoms with E-state index in [0.29, 0.717) is 6.04 Å². The van der Waals surface area contributed by atoms with E-state index in [1.807, 2.05) is 25.4 Å². The number of hydrogen-bond acceptors (Lipinski definition) is 2. The minimum atomic E-state index is 0.370. The molecule has 2 heteroatoms. The van der Waals surface area contributed by atoms with Crippen LogP contribution >= 0.6 is 0 Å². The Hall–Kier alpha value is -1.67. The second kappa shape index (κ2) is 5.60. The fraction of sp³-hybridized carbons (Fsp3) is 0.267. The van der Waals surface area contributed by atoms with Gasteiger partial charge in [0.2, 0.25) is 0 Å². The van der Waals surface area contributed by atoms with Crippen LogP contribution in [0.2, 0.25) is 0 Å². The SMILES string of the molecule is CNC(C)c1ccccc1Cc1ccccn1. The van der Waals surface area contributed by atoms with Gasteiger partial charge in [0.05, 0.1) is 0 Å². The third kappa shape index (κ3) is 2.92. The molecule has 0 aliphatic heterocycles. The number of hydrogen-bond donors (Lipinski definition) is 1. The second-order valence-corrected chi connectivity index (χ2v) is 4.21. The number of nitrogens with zero attached hydrogens (tertiary/aromatic N) is 1. The summed E-state index contributed by atoms with van der Waals surface area (Å²) < 4.78 is 0. The highest BCUT2D eigenvalue weighted by atomic mass is 14.9. The van der Waals surface area contributed by atoms with Crippen LogP contribution in [0.3, 0.4) is 0 Å². The molecule has 0 radical (unpaired) electrons. The highest BCUT2D eigenvalue weighted by Gasteiger charge is 2.08. The Morgan fingerprint density at radius 2 is 1.88 bits per heavy atom. The lowest BCUT2D eigenvalue weighted by molar-refractivity contribution is 0.646. The number of pyridine rings is 1. The molecule has 0 fully saturated rings. The van der Waals surface area contributed by atoms with E-state index in [-0.39, 0.29) is 0 Å². The van der Waals surface area contributed by atoms with E-state index in [1.54, 1.807) is 0 Å². The first kappa shape index (κ1) is 11.8. The first-order valence-electron chi connectivity index (χ1n) is 5.96. The Bertz CT molecular complexity index is 465. The predicted molar refractivity (Wildman–Crippen MR) is 71.0 cm³/mol. The summed E-state index contributed by atoms with van der Waals surface area (Å²) in [7, 11) is 1.99. The van der Waals surface area contributed by atoms with Crippen molar-refractivity contribution in [2.45, 2.75) is 19.4 Å². The van der Waals surface area contributed by atoms with Crippen LogP contribution in [0.4, 0.5) is 0 Å². The van der Waals surface area contributed by atoms with Crippen LogP contribution in [0.5, 0.6) is 0 Å². The Labute approximate surface area is 103 Å². The lowest BCUT2D eigenvalue weighted by atomic mass is 9.98. The van der Waals surface area contributed by atoms with Crippen LogP contribution in [0.25, 0.3) is 0 Å². The molecule has 0 aliphatic carbocycles. The van der Waals surface area contributed by atoms with Crippen LogP contribution in [0.15, 0.2) is 48.7 Å². The Morgan fingerprint density at radius 3 is 2.59 bits per heavy atom. The number of aromatic nitrogens is 1. The molecule has 2 nitrogen and oxygen atoms in total. The zero-order chi connectivity index (χ0) is 12.1. The summed E-state index contributed by atoms with van der Waals surface area (Å²) in [6, 6.07) is 15.0. The normalized spacial score (nSPS) is 12.4. The van der Waals surface area contributed by atoms with Gasteiger partial charge in [-0.3, -0.25) is 4.98 Å². The summed E-state index contributed by atoms with van der Waals surface area (Å²) in [5.74, 6) is 0. The first-order chi connectivity index (χ1) is 8.31.